The Morgan fingerprint density at radius 3 is 2.08 bits per heavy atom. The molecule has 0 aliphatic carbocycles. The summed E-state index contributed by atoms with van der Waals surface area (Å²) in [5.41, 5.74) is 3.18. The van der Waals surface area contributed by atoms with Crippen molar-refractivity contribution in [2.75, 3.05) is 18.0 Å². The summed E-state index contributed by atoms with van der Waals surface area (Å²) in [7, 11) is 0. The van der Waals surface area contributed by atoms with E-state index in [1.54, 1.807) is 22.9 Å². The third-order valence-corrected chi connectivity index (χ3v) is 6.67. The number of fused-ring (bicyclic) bond motifs is 1. The summed E-state index contributed by atoms with van der Waals surface area (Å²) in [5.74, 6) is 0. The Balaban J connectivity index is 1.53. The summed E-state index contributed by atoms with van der Waals surface area (Å²) in [6.45, 7) is 7.66. The highest BCUT2D eigenvalue weighted by Gasteiger charge is 2.30. The Kier molecular flexibility index (Phi) is 6.12. The van der Waals surface area contributed by atoms with Gasteiger partial charge in [-0.15, -0.1) is 0 Å². The van der Waals surface area contributed by atoms with Crippen LogP contribution in [0.4, 0.5) is 18.9 Å². The number of anilines is 1. The fourth-order valence-electron chi connectivity index (χ4n) is 5.09. The average Bonchev–Trinajstić information content (AvgIpc) is 2.85. The predicted octanol–water partition coefficient (Wildman–Crippen LogP) is 6.60. The molecule has 0 radical (unpaired) electrons. The van der Waals surface area contributed by atoms with Crippen molar-refractivity contribution >= 4 is 16.5 Å². The van der Waals surface area contributed by atoms with Crippen LogP contribution in [0.1, 0.15) is 25.0 Å². The van der Waals surface area contributed by atoms with Gasteiger partial charge in [0.05, 0.1) is 17.8 Å². The van der Waals surface area contributed by atoms with E-state index in [0.29, 0.717) is 10.9 Å². The molecular formula is C29H27F3N2O2. The van der Waals surface area contributed by atoms with Crippen molar-refractivity contribution in [2.24, 2.45) is 0 Å². The van der Waals surface area contributed by atoms with Crippen molar-refractivity contribution in [2.45, 2.75) is 39.2 Å². The Labute approximate surface area is 207 Å². The zero-order valence-corrected chi connectivity index (χ0v) is 20.3. The molecule has 1 fully saturated rings. The van der Waals surface area contributed by atoms with E-state index in [-0.39, 0.29) is 17.8 Å². The molecule has 2 atom stereocenters. The number of alkyl halides is 3. The monoisotopic (exact) mass is 492 g/mol. The molecule has 3 aromatic carbocycles. The zero-order chi connectivity index (χ0) is 25.6. The molecule has 1 aromatic heterocycles. The molecule has 1 saturated heterocycles. The van der Waals surface area contributed by atoms with E-state index in [1.165, 1.54) is 12.1 Å². The van der Waals surface area contributed by atoms with Crippen LogP contribution in [0, 0.1) is 6.92 Å². The number of benzene rings is 3. The van der Waals surface area contributed by atoms with Gasteiger partial charge in [0.25, 0.3) is 5.56 Å². The summed E-state index contributed by atoms with van der Waals surface area (Å²) < 4.78 is 46.5. The second-order valence-corrected chi connectivity index (χ2v) is 9.47. The van der Waals surface area contributed by atoms with Crippen molar-refractivity contribution in [1.82, 2.24) is 4.57 Å². The van der Waals surface area contributed by atoms with Crippen LogP contribution in [-0.2, 0) is 10.9 Å². The van der Waals surface area contributed by atoms with Crippen LogP contribution in [0.2, 0.25) is 0 Å². The van der Waals surface area contributed by atoms with Gasteiger partial charge in [-0.05, 0) is 85.3 Å². The molecule has 4 aromatic rings. The standard InChI is InChI=1S/C29H27F3N2O2/c1-18-15-34(24-13-11-23(12-14-24)33-16-19(2)36-20(3)17-33)28(35)26-6-4-5-25(27(18)26)21-7-9-22(10-8-21)29(30,31)32/h4-15,19-20H,16-17H2,1-3H3/t19-,20?/m0/s1. The Morgan fingerprint density at radius 1 is 0.861 bits per heavy atom. The van der Waals surface area contributed by atoms with E-state index >= 15 is 0 Å². The fourth-order valence-corrected chi connectivity index (χ4v) is 5.09. The topological polar surface area (TPSA) is 34.5 Å². The van der Waals surface area contributed by atoms with Crippen LogP contribution in [0.5, 0.6) is 0 Å². The minimum absolute atomic E-state index is 0.151. The molecule has 186 valence electrons. The first kappa shape index (κ1) is 24.1. The van der Waals surface area contributed by atoms with E-state index in [0.717, 1.165) is 53.1 Å². The van der Waals surface area contributed by atoms with Gasteiger partial charge >= 0.3 is 6.18 Å². The molecule has 1 aliphatic heterocycles. The van der Waals surface area contributed by atoms with E-state index in [1.807, 2.05) is 37.3 Å². The number of hydrogen-bond acceptors (Lipinski definition) is 3. The Bertz CT molecular complexity index is 1450. The normalized spacial score (nSPS) is 18.6. The SMILES string of the molecule is Cc1cn(-c2ccc(N3CC(C)O[C@@H](C)C3)cc2)c(=O)c2cccc(-c3ccc(C(F)(F)F)cc3)c12. The third kappa shape index (κ3) is 4.51. The van der Waals surface area contributed by atoms with Gasteiger partial charge in [-0.25, -0.2) is 0 Å². The number of nitrogens with zero attached hydrogens (tertiary/aromatic N) is 2. The minimum Gasteiger partial charge on any atom is -0.372 e. The lowest BCUT2D eigenvalue weighted by molar-refractivity contribution is -0.137. The summed E-state index contributed by atoms with van der Waals surface area (Å²) in [4.78, 5) is 15.8. The molecule has 0 saturated carbocycles. The lowest BCUT2D eigenvalue weighted by Crippen LogP contribution is -2.45. The number of halogens is 3. The van der Waals surface area contributed by atoms with E-state index in [4.69, 9.17) is 4.74 Å². The molecule has 36 heavy (non-hydrogen) atoms. The van der Waals surface area contributed by atoms with Gasteiger partial charge in [-0.1, -0.05) is 24.3 Å². The van der Waals surface area contributed by atoms with Crippen LogP contribution in [0.25, 0.3) is 27.6 Å². The highest BCUT2D eigenvalue weighted by atomic mass is 19.4. The highest BCUT2D eigenvalue weighted by Crippen LogP contribution is 2.34. The second-order valence-electron chi connectivity index (χ2n) is 9.47. The maximum atomic E-state index is 13.5. The van der Waals surface area contributed by atoms with Gasteiger partial charge < -0.3 is 9.64 Å². The van der Waals surface area contributed by atoms with Gasteiger partial charge in [0.2, 0.25) is 0 Å². The molecule has 5 rings (SSSR count). The number of hydrogen-bond donors (Lipinski definition) is 0. The maximum absolute atomic E-state index is 13.5. The van der Waals surface area contributed by atoms with Gasteiger partial charge in [-0.3, -0.25) is 9.36 Å². The van der Waals surface area contributed by atoms with Gasteiger partial charge in [0, 0.05) is 36.0 Å². The van der Waals surface area contributed by atoms with Crippen LogP contribution in [0.15, 0.2) is 77.7 Å². The van der Waals surface area contributed by atoms with Crippen molar-refractivity contribution in [3.8, 4) is 16.8 Å². The summed E-state index contributed by atoms with van der Waals surface area (Å²) in [6.07, 6.45) is -2.29. The Hall–Kier alpha value is -3.58. The molecule has 1 unspecified atom stereocenters. The number of rotatable bonds is 3. The first-order valence-corrected chi connectivity index (χ1v) is 12.0. The molecule has 0 spiro atoms. The van der Waals surface area contributed by atoms with E-state index in [2.05, 4.69) is 18.7 Å². The average molecular weight is 493 g/mol. The first-order valence-electron chi connectivity index (χ1n) is 12.0. The lowest BCUT2D eigenvalue weighted by Gasteiger charge is -2.36. The zero-order valence-electron chi connectivity index (χ0n) is 20.3. The fraction of sp³-hybridized carbons (Fsp3) is 0.276. The number of morpholine rings is 1. The first-order chi connectivity index (χ1) is 17.1. The summed E-state index contributed by atoms with van der Waals surface area (Å²) >= 11 is 0. The quantitative estimate of drug-likeness (QED) is 0.323. The van der Waals surface area contributed by atoms with Gasteiger partial charge in [0.1, 0.15) is 0 Å². The number of ether oxygens (including phenoxy) is 1. The molecule has 0 amide bonds. The molecule has 4 nitrogen and oxygen atoms in total. The number of aryl methyl sites for hydroxylation is 1. The van der Waals surface area contributed by atoms with Crippen LogP contribution in [0.3, 0.4) is 0 Å². The molecule has 1 aliphatic rings. The maximum Gasteiger partial charge on any atom is 0.416 e. The summed E-state index contributed by atoms with van der Waals surface area (Å²) in [5, 5.41) is 1.26. The Morgan fingerprint density at radius 2 is 1.47 bits per heavy atom. The third-order valence-electron chi connectivity index (χ3n) is 6.67. The van der Waals surface area contributed by atoms with Gasteiger partial charge in [0.15, 0.2) is 0 Å². The van der Waals surface area contributed by atoms with Crippen molar-refractivity contribution in [3.05, 3.63) is 94.4 Å². The van der Waals surface area contributed by atoms with E-state index < -0.39 is 11.7 Å². The van der Waals surface area contributed by atoms with Crippen molar-refractivity contribution in [3.63, 3.8) is 0 Å². The highest BCUT2D eigenvalue weighted by molar-refractivity contribution is 5.98. The lowest BCUT2D eigenvalue weighted by atomic mass is 9.95. The smallest absolute Gasteiger partial charge is 0.372 e. The summed E-state index contributed by atoms with van der Waals surface area (Å²) in [6, 6.07) is 18.3. The largest absolute Gasteiger partial charge is 0.416 e. The molecule has 7 heteroatoms. The van der Waals surface area contributed by atoms with Crippen molar-refractivity contribution < 1.29 is 17.9 Å². The number of aromatic nitrogens is 1. The van der Waals surface area contributed by atoms with E-state index in [9.17, 15) is 18.0 Å². The van der Waals surface area contributed by atoms with Crippen LogP contribution >= 0.6 is 0 Å². The van der Waals surface area contributed by atoms with Crippen LogP contribution in [-0.4, -0.2) is 29.9 Å². The molecule has 2 heterocycles. The molecule has 0 N–H and O–H groups in total. The minimum atomic E-state index is -4.39. The predicted molar refractivity (Wildman–Crippen MR) is 137 cm³/mol. The van der Waals surface area contributed by atoms with Crippen LogP contribution < -0.4 is 10.5 Å². The van der Waals surface area contributed by atoms with Gasteiger partial charge in [-0.2, -0.15) is 13.2 Å². The molecular weight excluding hydrogens is 465 g/mol. The van der Waals surface area contributed by atoms with Crippen molar-refractivity contribution in [1.29, 1.82) is 0 Å². The second kappa shape index (κ2) is 9.13. The number of pyridine rings is 1. The molecule has 0 bridgehead atoms.